The number of hydrogen-bond acceptors (Lipinski definition) is 2. The maximum absolute atomic E-state index is 6.40. The number of H-pyrrole nitrogens is 1. The fraction of sp³-hybridized carbons (Fsp3) is 0.176. The van der Waals surface area contributed by atoms with Gasteiger partial charge in [-0.05, 0) is 23.8 Å². The number of benzene rings is 2. The highest BCUT2D eigenvalue weighted by Gasteiger charge is 2.08. The van der Waals surface area contributed by atoms with Gasteiger partial charge in [0, 0.05) is 29.7 Å². The number of ether oxygens (including phenoxy) is 1. The van der Waals surface area contributed by atoms with Crippen molar-refractivity contribution in [1.82, 2.24) is 10.3 Å². The van der Waals surface area contributed by atoms with Crippen molar-refractivity contribution >= 4 is 22.5 Å². The monoisotopic (exact) mass is 300 g/mol. The molecule has 0 saturated carbocycles. The van der Waals surface area contributed by atoms with Gasteiger partial charge in [0.15, 0.2) is 0 Å². The van der Waals surface area contributed by atoms with E-state index in [-0.39, 0.29) is 0 Å². The number of nitrogens with one attached hydrogen (secondary N) is 2. The van der Waals surface area contributed by atoms with E-state index < -0.39 is 0 Å². The number of methoxy groups -OCH3 is 1. The number of rotatable bonds is 5. The average molecular weight is 301 g/mol. The lowest BCUT2D eigenvalue weighted by atomic mass is 10.2. The fourth-order valence-electron chi connectivity index (χ4n) is 2.40. The third-order valence-electron chi connectivity index (χ3n) is 3.48. The van der Waals surface area contributed by atoms with Gasteiger partial charge in [-0.15, -0.1) is 0 Å². The van der Waals surface area contributed by atoms with Crippen LogP contribution in [0, 0.1) is 0 Å². The topological polar surface area (TPSA) is 37.0 Å². The van der Waals surface area contributed by atoms with E-state index in [0.717, 1.165) is 33.9 Å². The van der Waals surface area contributed by atoms with Crippen molar-refractivity contribution in [2.75, 3.05) is 7.11 Å². The molecule has 0 saturated heterocycles. The first kappa shape index (κ1) is 14.0. The van der Waals surface area contributed by atoms with E-state index in [1.54, 1.807) is 7.11 Å². The van der Waals surface area contributed by atoms with Crippen molar-refractivity contribution in [1.29, 1.82) is 0 Å². The molecule has 0 radical (unpaired) electrons. The molecule has 0 aliphatic rings. The molecule has 2 aromatic carbocycles. The Bertz CT molecular complexity index is 751. The quantitative estimate of drug-likeness (QED) is 0.744. The maximum atomic E-state index is 6.40. The van der Waals surface area contributed by atoms with Crippen LogP contribution in [0.1, 0.15) is 11.3 Å². The molecule has 108 valence electrons. The largest absolute Gasteiger partial charge is 0.497 e. The summed E-state index contributed by atoms with van der Waals surface area (Å²) in [5, 5.41) is 5.26. The van der Waals surface area contributed by atoms with Crippen LogP contribution in [-0.2, 0) is 13.1 Å². The van der Waals surface area contributed by atoms with Gasteiger partial charge in [0.25, 0.3) is 0 Å². The van der Waals surface area contributed by atoms with Crippen molar-refractivity contribution in [3.8, 4) is 5.75 Å². The molecule has 3 nitrogen and oxygen atoms in total. The highest BCUT2D eigenvalue weighted by Crippen LogP contribution is 2.27. The first-order valence-electron chi connectivity index (χ1n) is 6.86. The van der Waals surface area contributed by atoms with Crippen molar-refractivity contribution in [3.63, 3.8) is 0 Å². The summed E-state index contributed by atoms with van der Waals surface area (Å²) in [6.07, 6.45) is 0. The van der Waals surface area contributed by atoms with E-state index in [0.29, 0.717) is 6.54 Å². The number of aromatic nitrogens is 1. The van der Waals surface area contributed by atoms with Crippen LogP contribution in [0.5, 0.6) is 5.75 Å². The summed E-state index contributed by atoms with van der Waals surface area (Å²) < 4.78 is 5.22. The minimum atomic E-state index is 0.699. The SMILES string of the molecule is COc1cccc(CNCc2[nH]c3ccccc3c2Cl)c1. The zero-order valence-corrected chi connectivity index (χ0v) is 12.6. The van der Waals surface area contributed by atoms with E-state index in [2.05, 4.69) is 16.4 Å². The summed E-state index contributed by atoms with van der Waals surface area (Å²) in [4.78, 5) is 3.35. The Morgan fingerprint density at radius 1 is 1.10 bits per heavy atom. The van der Waals surface area contributed by atoms with E-state index >= 15 is 0 Å². The molecule has 0 amide bonds. The number of halogens is 1. The number of para-hydroxylation sites is 1. The number of fused-ring (bicyclic) bond motifs is 1. The van der Waals surface area contributed by atoms with Crippen LogP contribution in [-0.4, -0.2) is 12.1 Å². The molecule has 1 heterocycles. The molecule has 21 heavy (non-hydrogen) atoms. The molecule has 0 fully saturated rings. The second-order valence-corrected chi connectivity index (χ2v) is 5.30. The zero-order valence-electron chi connectivity index (χ0n) is 11.8. The highest BCUT2D eigenvalue weighted by atomic mass is 35.5. The summed E-state index contributed by atoms with van der Waals surface area (Å²) in [6.45, 7) is 1.47. The molecule has 0 aliphatic heterocycles. The van der Waals surface area contributed by atoms with Crippen molar-refractivity contribution in [3.05, 3.63) is 64.8 Å². The molecule has 2 N–H and O–H groups in total. The van der Waals surface area contributed by atoms with Gasteiger partial charge in [-0.1, -0.05) is 41.9 Å². The van der Waals surface area contributed by atoms with Gasteiger partial charge in [0.1, 0.15) is 5.75 Å². The average Bonchev–Trinajstić information content (AvgIpc) is 2.84. The van der Waals surface area contributed by atoms with E-state index in [1.165, 1.54) is 5.56 Å². The normalized spacial score (nSPS) is 11.0. The third-order valence-corrected chi connectivity index (χ3v) is 3.91. The van der Waals surface area contributed by atoms with Crippen LogP contribution < -0.4 is 10.1 Å². The van der Waals surface area contributed by atoms with Gasteiger partial charge in [-0.2, -0.15) is 0 Å². The summed E-state index contributed by atoms with van der Waals surface area (Å²) in [6, 6.07) is 16.1. The first-order chi connectivity index (χ1) is 10.3. The predicted molar refractivity (Wildman–Crippen MR) is 86.8 cm³/mol. The Hall–Kier alpha value is -1.97. The summed E-state index contributed by atoms with van der Waals surface area (Å²) in [5.41, 5.74) is 3.27. The minimum Gasteiger partial charge on any atom is -0.497 e. The summed E-state index contributed by atoms with van der Waals surface area (Å²) in [7, 11) is 1.68. The van der Waals surface area contributed by atoms with Gasteiger partial charge in [0.2, 0.25) is 0 Å². The Labute approximate surface area is 128 Å². The van der Waals surface area contributed by atoms with E-state index in [4.69, 9.17) is 16.3 Å². The molecule has 4 heteroatoms. The molecule has 0 unspecified atom stereocenters. The smallest absolute Gasteiger partial charge is 0.119 e. The molecule has 0 atom stereocenters. The lowest BCUT2D eigenvalue weighted by Gasteiger charge is -2.06. The molecular weight excluding hydrogens is 284 g/mol. The second kappa shape index (κ2) is 6.20. The predicted octanol–water partition coefficient (Wildman–Crippen LogP) is 4.12. The zero-order chi connectivity index (χ0) is 14.7. The lowest BCUT2D eigenvalue weighted by molar-refractivity contribution is 0.414. The van der Waals surface area contributed by atoms with Gasteiger partial charge < -0.3 is 15.0 Å². The van der Waals surface area contributed by atoms with Crippen LogP contribution in [0.4, 0.5) is 0 Å². The molecular formula is C17H17ClN2O. The Kier molecular flexibility index (Phi) is 4.13. The van der Waals surface area contributed by atoms with Gasteiger partial charge in [0.05, 0.1) is 12.1 Å². The Morgan fingerprint density at radius 3 is 2.76 bits per heavy atom. The number of hydrogen-bond donors (Lipinski definition) is 2. The van der Waals surface area contributed by atoms with Crippen molar-refractivity contribution in [2.45, 2.75) is 13.1 Å². The Balaban J connectivity index is 1.67. The van der Waals surface area contributed by atoms with Crippen LogP contribution >= 0.6 is 11.6 Å². The van der Waals surface area contributed by atoms with Gasteiger partial charge in [-0.25, -0.2) is 0 Å². The molecule has 1 aromatic heterocycles. The maximum Gasteiger partial charge on any atom is 0.119 e. The summed E-state index contributed by atoms with van der Waals surface area (Å²) in [5.74, 6) is 0.873. The third kappa shape index (κ3) is 3.04. The summed E-state index contributed by atoms with van der Waals surface area (Å²) >= 11 is 6.40. The van der Waals surface area contributed by atoms with Gasteiger partial charge in [-0.3, -0.25) is 0 Å². The minimum absolute atomic E-state index is 0.699. The van der Waals surface area contributed by atoms with Crippen LogP contribution in [0.15, 0.2) is 48.5 Å². The fourth-order valence-corrected chi connectivity index (χ4v) is 2.68. The highest BCUT2D eigenvalue weighted by molar-refractivity contribution is 6.36. The van der Waals surface area contributed by atoms with E-state index in [9.17, 15) is 0 Å². The molecule has 3 rings (SSSR count). The Morgan fingerprint density at radius 2 is 1.95 bits per heavy atom. The first-order valence-corrected chi connectivity index (χ1v) is 7.24. The molecule has 3 aromatic rings. The second-order valence-electron chi connectivity index (χ2n) is 4.92. The number of aromatic amines is 1. The standard InChI is InChI=1S/C17H17ClN2O/c1-21-13-6-4-5-12(9-13)10-19-11-16-17(18)14-7-2-3-8-15(14)20-16/h2-9,19-20H,10-11H2,1H3. The van der Waals surface area contributed by atoms with Crippen LogP contribution in [0.2, 0.25) is 5.02 Å². The van der Waals surface area contributed by atoms with Crippen molar-refractivity contribution in [2.24, 2.45) is 0 Å². The molecule has 0 spiro atoms. The van der Waals surface area contributed by atoms with Gasteiger partial charge >= 0.3 is 0 Å². The van der Waals surface area contributed by atoms with E-state index in [1.807, 2.05) is 42.5 Å². The van der Waals surface area contributed by atoms with Crippen LogP contribution in [0.25, 0.3) is 10.9 Å². The van der Waals surface area contributed by atoms with Crippen LogP contribution in [0.3, 0.4) is 0 Å². The molecule has 0 aliphatic carbocycles. The molecule has 0 bridgehead atoms. The lowest BCUT2D eigenvalue weighted by Crippen LogP contribution is -2.13. The van der Waals surface area contributed by atoms with Crippen molar-refractivity contribution < 1.29 is 4.74 Å².